The zero-order valence-electron chi connectivity index (χ0n) is 18.0. The minimum atomic E-state index is -0.913. The van der Waals surface area contributed by atoms with Gasteiger partial charge >= 0.3 is 0 Å². The van der Waals surface area contributed by atoms with Crippen LogP contribution in [0.1, 0.15) is 12.0 Å². The molecule has 4 N–H and O–H groups in total. The van der Waals surface area contributed by atoms with Gasteiger partial charge in [0.1, 0.15) is 18.5 Å². The molecule has 172 valence electrons. The average Bonchev–Trinajstić information content (AvgIpc) is 2.81. The molecule has 3 amide bonds. The van der Waals surface area contributed by atoms with Gasteiger partial charge in [0.2, 0.25) is 5.91 Å². The summed E-state index contributed by atoms with van der Waals surface area (Å²) in [7, 11) is 0. The van der Waals surface area contributed by atoms with Gasteiger partial charge in [0, 0.05) is 35.7 Å². The second-order valence-electron chi connectivity index (χ2n) is 7.71. The smallest absolute Gasteiger partial charge is 0.256 e. The van der Waals surface area contributed by atoms with Crippen LogP contribution in [0.15, 0.2) is 48.5 Å². The summed E-state index contributed by atoms with van der Waals surface area (Å²) in [5, 5.41) is 10.1. The van der Waals surface area contributed by atoms with Crippen molar-refractivity contribution in [3.63, 3.8) is 0 Å². The maximum Gasteiger partial charge on any atom is 0.256 e. The molecule has 0 unspecified atom stereocenters. The molecule has 2 aromatic rings. The number of benzene rings is 2. The Morgan fingerprint density at radius 1 is 1.06 bits per heavy atom. The first kappa shape index (κ1) is 22.4. The Kier molecular flexibility index (Phi) is 6.66. The molecule has 10 heteroatoms. The fourth-order valence-electron chi connectivity index (χ4n) is 3.78. The van der Waals surface area contributed by atoms with E-state index in [9.17, 15) is 14.4 Å². The quantitative estimate of drug-likeness (QED) is 0.444. The zero-order chi connectivity index (χ0) is 23.4. The van der Waals surface area contributed by atoms with Crippen LogP contribution in [0.25, 0.3) is 0 Å². The predicted octanol–water partition coefficient (Wildman–Crippen LogP) is 1.09. The summed E-state index contributed by atoms with van der Waals surface area (Å²) >= 11 is 0. The molecule has 0 aliphatic carbocycles. The number of amidine groups is 1. The van der Waals surface area contributed by atoms with Gasteiger partial charge in [-0.15, -0.1) is 0 Å². The first-order valence-corrected chi connectivity index (χ1v) is 10.6. The molecule has 2 saturated heterocycles. The number of hydrogen-bond acceptors (Lipinski definition) is 6. The highest BCUT2D eigenvalue weighted by Crippen LogP contribution is 2.26. The van der Waals surface area contributed by atoms with E-state index in [0.29, 0.717) is 42.3 Å². The van der Waals surface area contributed by atoms with Gasteiger partial charge in [-0.05, 0) is 42.5 Å². The van der Waals surface area contributed by atoms with Gasteiger partial charge in [-0.3, -0.25) is 19.8 Å². The molecule has 4 rings (SSSR count). The molecule has 2 aromatic carbocycles. The minimum absolute atomic E-state index is 0.0371. The topological polar surface area (TPSA) is 138 Å². The van der Waals surface area contributed by atoms with Crippen molar-refractivity contribution in [3.05, 3.63) is 54.1 Å². The van der Waals surface area contributed by atoms with Crippen LogP contribution in [0.5, 0.6) is 0 Å². The molecular formula is C23H25N5O5. The summed E-state index contributed by atoms with van der Waals surface area (Å²) in [6.45, 7) is 1.59. The Morgan fingerprint density at radius 2 is 1.76 bits per heavy atom. The van der Waals surface area contributed by atoms with Crippen LogP contribution in [0.3, 0.4) is 0 Å². The van der Waals surface area contributed by atoms with Crippen LogP contribution < -0.4 is 20.9 Å². The molecule has 2 heterocycles. The molecule has 0 spiro atoms. The number of nitrogen functional groups attached to an aromatic ring is 1. The van der Waals surface area contributed by atoms with Crippen LogP contribution in [-0.4, -0.2) is 62.6 Å². The highest BCUT2D eigenvalue weighted by molar-refractivity contribution is 6.02. The van der Waals surface area contributed by atoms with Gasteiger partial charge in [0.25, 0.3) is 11.8 Å². The van der Waals surface area contributed by atoms with Crippen molar-refractivity contribution < 1.29 is 23.9 Å². The Hall–Kier alpha value is -3.76. The third-order valence-electron chi connectivity index (χ3n) is 5.46. The lowest BCUT2D eigenvalue weighted by Gasteiger charge is -2.33. The van der Waals surface area contributed by atoms with Crippen molar-refractivity contribution in [1.82, 2.24) is 0 Å². The van der Waals surface area contributed by atoms with Crippen LogP contribution >= 0.6 is 0 Å². The first-order valence-electron chi connectivity index (χ1n) is 10.6. The van der Waals surface area contributed by atoms with Crippen LogP contribution in [0.4, 0.5) is 17.1 Å². The molecule has 2 aliphatic heterocycles. The SMILES string of the molecule is N=C(N)c1ccc(NC(=O)C[C@H]2OCCN(c3cccc(N4CCOCC4=O)c3)C2=O)cc1. The molecule has 0 radical (unpaired) electrons. The Bertz CT molecular complexity index is 1070. The van der Waals surface area contributed by atoms with Crippen LogP contribution in [0.2, 0.25) is 0 Å². The van der Waals surface area contributed by atoms with Gasteiger partial charge in [-0.1, -0.05) is 6.07 Å². The van der Waals surface area contributed by atoms with E-state index >= 15 is 0 Å². The number of morpholine rings is 2. The van der Waals surface area contributed by atoms with E-state index < -0.39 is 6.10 Å². The van der Waals surface area contributed by atoms with E-state index in [4.69, 9.17) is 20.6 Å². The third kappa shape index (κ3) is 5.18. The van der Waals surface area contributed by atoms with E-state index in [1.807, 2.05) is 6.07 Å². The summed E-state index contributed by atoms with van der Waals surface area (Å²) < 4.78 is 10.8. The van der Waals surface area contributed by atoms with Crippen molar-refractivity contribution in [2.75, 3.05) is 48.0 Å². The number of rotatable bonds is 6. The number of nitrogens with zero attached hydrogens (tertiary/aromatic N) is 2. The normalized spacial score (nSPS) is 18.8. The third-order valence-corrected chi connectivity index (χ3v) is 5.46. The number of amides is 3. The zero-order valence-corrected chi connectivity index (χ0v) is 18.0. The number of ether oxygens (including phenoxy) is 2. The number of nitrogens with two attached hydrogens (primary N) is 1. The number of anilines is 3. The van der Waals surface area contributed by atoms with Gasteiger partial charge < -0.3 is 30.3 Å². The Balaban J connectivity index is 1.41. The second-order valence-corrected chi connectivity index (χ2v) is 7.71. The highest BCUT2D eigenvalue weighted by atomic mass is 16.5. The molecule has 0 saturated carbocycles. The largest absolute Gasteiger partial charge is 0.384 e. The molecular weight excluding hydrogens is 426 g/mol. The highest BCUT2D eigenvalue weighted by Gasteiger charge is 2.33. The van der Waals surface area contributed by atoms with E-state index in [0.717, 1.165) is 0 Å². The van der Waals surface area contributed by atoms with Gasteiger partial charge in [0.05, 0.1) is 19.6 Å². The van der Waals surface area contributed by atoms with Gasteiger partial charge in [0.15, 0.2) is 0 Å². The van der Waals surface area contributed by atoms with E-state index in [1.165, 1.54) is 0 Å². The first-order chi connectivity index (χ1) is 15.9. The van der Waals surface area contributed by atoms with Gasteiger partial charge in [-0.25, -0.2) is 0 Å². The molecule has 0 aromatic heterocycles. The van der Waals surface area contributed by atoms with E-state index in [-0.39, 0.29) is 43.2 Å². The summed E-state index contributed by atoms with van der Waals surface area (Å²) in [6.07, 6.45) is -1.05. The lowest BCUT2D eigenvalue weighted by Crippen LogP contribution is -2.49. The molecule has 2 fully saturated rings. The number of carbonyl (C=O) groups excluding carboxylic acids is 3. The minimum Gasteiger partial charge on any atom is -0.384 e. The molecule has 33 heavy (non-hydrogen) atoms. The van der Waals surface area contributed by atoms with Crippen molar-refractivity contribution in [3.8, 4) is 0 Å². The lowest BCUT2D eigenvalue weighted by molar-refractivity contribution is -0.137. The fourth-order valence-corrected chi connectivity index (χ4v) is 3.78. The maximum atomic E-state index is 13.1. The maximum absolute atomic E-state index is 13.1. The number of nitrogens with one attached hydrogen (secondary N) is 2. The van der Waals surface area contributed by atoms with Crippen molar-refractivity contribution in [2.45, 2.75) is 12.5 Å². The molecule has 10 nitrogen and oxygen atoms in total. The Morgan fingerprint density at radius 3 is 2.45 bits per heavy atom. The van der Waals surface area contributed by atoms with Gasteiger partial charge in [-0.2, -0.15) is 0 Å². The molecule has 2 aliphatic rings. The molecule has 1 atom stereocenters. The van der Waals surface area contributed by atoms with Crippen molar-refractivity contribution >= 4 is 40.6 Å². The van der Waals surface area contributed by atoms with E-state index in [1.54, 1.807) is 52.3 Å². The average molecular weight is 451 g/mol. The van der Waals surface area contributed by atoms with Crippen molar-refractivity contribution in [2.24, 2.45) is 5.73 Å². The standard InChI is InChI=1S/C23H25N5O5/c24-22(25)15-4-6-16(7-5-15)26-20(29)13-19-23(31)28(9-11-33-19)18-3-1-2-17(12-18)27-8-10-32-14-21(27)30/h1-7,12,19H,8-11,13-14H2,(H3,24,25)(H,26,29)/t19-/m1/s1. The summed E-state index contributed by atoms with van der Waals surface area (Å²) in [6, 6.07) is 13.8. The second kappa shape index (κ2) is 9.80. The monoisotopic (exact) mass is 451 g/mol. The Labute approximate surface area is 190 Å². The summed E-state index contributed by atoms with van der Waals surface area (Å²) in [5.74, 6) is -0.860. The molecule has 0 bridgehead atoms. The lowest BCUT2D eigenvalue weighted by atomic mass is 10.1. The summed E-state index contributed by atoms with van der Waals surface area (Å²) in [5.41, 5.74) is 7.86. The number of hydrogen-bond donors (Lipinski definition) is 3. The predicted molar refractivity (Wildman–Crippen MR) is 122 cm³/mol. The van der Waals surface area contributed by atoms with E-state index in [2.05, 4.69) is 5.32 Å². The van der Waals surface area contributed by atoms with Crippen LogP contribution in [-0.2, 0) is 23.9 Å². The van der Waals surface area contributed by atoms with Crippen LogP contribution in [0, 0.1) is 5.41 Å². The summed E-state index contributed by atoms with van der Waals surface area (Å²) in [4.78, 5) is 40.9. The fraction of sp³-hybridized carbons (Fsp3) is 0.304. The number of carbonyl (C=O) groups is 3. The van der Waals surface area contributed by atoms with Crippen molar-refractivity contribution in [1.29, 1.82) is 5.41 Å².